The SMILES string of the molecule is O=C(c1csc2nc(-c3ccc(Cl)cc3)cn12)N1CCC(c2ccncc2)CC1. The van der Waals surface area contributed by atoms with Crippen molar-refractivity contribution in [2.75, 3.05) is 13.1 Å². The summed E-state index contributed by atoms with van der Waals surface area (Å²) >= 11 is 7.48. The van der Waals surface area contributed by atoms with Crippen LogP contribution in [0.3, 0.4) is 0 Å². The van der Waals surface area contributed by atoms with Gasteiger partial charge in [0.1, 0.15) is 5.69 Å². The number of hydrogen-bond acceptors (Lipinski definition) is 4. The monoisotopic (exact) mass is 422 g/mol. The van der Waals surface area contributed by atoms with E-state index in [2.05, 4.69) is 22.1 Å². The van der Waals surface area contributed by atoms with E-state index < -0.39 is 0 Å². The van der Waals surface area contributed by atoms with Crippen molar-refractivity contribution in [1.29, 1.82) is 0 Å². The zero-order valence-corrected chi connectivity index (χ0v) is 17.2. The minimum Gasteiger partial charge on any atom is -0.337 e. The second kappa shape index (κ2) is 7.61. The van der Waals surface area contributed by atoms with Crippen molar-refractivity contribution >= 4 is 33.8 Å². The summed E-state index contributed by atoms with van der Waals surface area (Å²) in [4.78, 5) is 24.7. The molecule has 0 aliphatic carbocycles. The van der Waals surface area contributed by atoms with Gasteiger partial charge in [-0.25, -0.2) is 4.98 Å². The molecule has 7 heteroatoms. The number of benzene rings is 1. The number of pyridine rings is 1. The molecule has 1 aliphatic rings. The first-order chi connectivity index (χ1) is 14.2. The van der Waals surface area contributed by atoms with E-state index in [1.807, 2.05) is 57.5 Å². The molecule has 1 amide bonds. The van der Waals surface area contributed by atoms with Gasteiger partial charge in [0.2, 0.25) is 0 Å². The van der Waals surface area contributed by atoms with Gasteiger partial charge in [-0.1, -0.05) is 23.7 Å². The Hall–Kier alpha value is -2.70. The average molecular weight is 423 g/mol. The number of aromatic nitrogens is 3. The lowest BCUT2D eigenvalue weighted by atomic mass is 9.90. The van der Waals surface area contributed by atoms with Crippen molar-refractivity contribution in [3.05, 3.63) is 76.6 Å². The zero-order chi connectivity index (χ0) is 19.8. The van der Waals surface area contributed by atoms with Crippen LogP contribution in [0.15, 0.2) is 60.4 Å². The summed E-state index contributed by atoms with van der Waals surface area (Å²) < 4.78 is 1.91. The van der Waals surface area contributed by atoms with Gasteiger partial charge in [-0.2, -0.15) is 0 Å². The fourth-order valence-corrected chi connectivity index (χ4v) is 4.88. The third kappa shape index (κ3) is 3.54. The summed E-state index contributed by atoms with van der Waals surface area (Å²) in [5.74, 6) is 0.568. The van der Waals surface area contributed by atoms with Crippen molar-refractivity contribution in [2.24, 2.45) is 0 Å². The van der Waals surface area contributed by atoms with Gasteiger partial charge in [-0.3, -0.25) is 14.2 Å². The number of rotatable bonds is 3. The van der Waals surface area contributed by atoms with E-state index >= 15 is 0 Å². The predicted molar refractivity (Wildman–Crippen MR) is 116 cm³/mol. The van der Waals surface area contributed by atoms with Crippen molar-refractivity contribution in [3.63, 3.8) is 0 Å². The van der Waals surface area contributed by atoms with Crippen molar-refractivity contribution in [1.82, 2.24) is 19.3 Å². The number of piperidine rings is 1. The highest BCUT2D eigenvalue weighted by Crippen LogP contribution is 2.30. The molecule has 0 radical (unpaired) electrons. The number of fused-ring (bicyclic) bond motifs is 1. The fraction of sp³-hybridized carbons (Fsp3) is 0.227. The molecular weight excluding hydrogens is 404 g/mol. The predicted octanol–water partition coefficient (Wildman–Crippen LogP) is 5.13. The van der Waals surface area contributed by atoms with E-state index in [1.165, 1.54) is 16.9 Å². The van der Waals surface area contributed by atoms with E-state index in [9.17, 15) is 4.79 Å². The van der Waals surface area contributed by atoms with Gasteiger partial charge in [0.25, 0.3) is 5.91 Å². The molecule has 0 unspecified atom stereocenters. The molecule has 3 aromatic heterocycles. The molecule has 0 atom stereocenters. The number of likely N-dealkylation sites (tertiary alicyclic amines) is 1. The van der Waals surface area contributed by atoms with Crippen LogP contribution in [-0.2, 0) is 0 Å². The van der Waals surface area contributed by atoms with Crippen molar-refractivity contribution < 1.29 is 4.79 Å². The molecular formula is C22H19ClN4OS. The summed E-state index contributed by atoms with van der Waals surface area (Å²) in [6.07, 6.45) is 7.57. The molecule has 5 rings (SSSR count). The third-order valence-electron chi connectivity index (χ3n) is 5.53. The number of halogens is 1. The number of amides is 1. The van der Waals surface area contributed by atoms with Crippen molar-refractivity contribution in [3.8, 4) is 11.3 Å². The van der Waals surface area contributed by atoms with Crippen LogP contribution in [0.2, 0.25) is 5.02 Å². The standard InChI is InChI=1S/C22H19ClN4OS/c23-18-3-1-17(2-4-18)19-13-27-20(14-29-22(27)25-19)21(28)26-11-7-16(8-12-26)15-5-9-24-10-6-15/h1-6,9-10,13-14,16H,7-8,11-12H2. The first kappa shape index (κ1) is 18.3. The van der Waals surface area contributed by atoms with Gasteiger partial charge in [-0.15, -0.1) is 11.3 Å². The molecule has 0 N–H and O–H groups in total. The first-order valence-corrected chi connectivity index (χ1v) is 10.9. The molecule has 0 bridgehead atoms. The Morgan fingerprint density at radius 3 is 2.52 bits per heavy atom. The van der Waals surface area contributed by atoms with Crippen LogP contribution in [0.25, 0.3) is 16.2 Å². The summed E-state index contributed by atoms with van der Waals surface area (Å²) in [6.45, 7) is 1.53. The quantitative estimate of drug-likeness (QED) is 0.459. The van der Waals surface area contributed by atoms with Gasteiger partial charge < -0.3 is 4.90 Å². The molecule has 1 saturated heterocycles. The Labute approximate surface area is 177 Å². The number of thiazole rings is 1. The summed E-state index contributed by atoms with van der Waals surface area (Å²) in [6, 6.07) is 11.7. The maximum absolute atomic E-state index is 13.2. The molecule has 4 aromatic rings. The Morgan fingerprint density at radius 1 is 1.07 bits per heavy atom. The molecule has 29 heavy (non-hydrogen) atoms. The highest BCUT2D eigenvalue weighted by Gasteiger charge is 2.26. The van der Waals surface area contributed by atoms with Gasteiger partial charge >= 0.3 is 0 Å². The van der Waals surface area contributed by atoms with Gasteiger partial charge in [0, 0.05) is 47.6 Å². The van der Waals surface area contributed by atoms with Crippen LogP contribution < -0.4 is 0 Å². The van der Waals surface area contributed by atoms with Crippen LogP contribution in [0.1, 0.15) is 34.8 Å². The van der Waals surface area contributed by atoms with Crippen molar-refractivity contribution in [2.45, 2.75) is 18.8 Å². The maximum atomic E-state index is 13.2. The van der Waals surface area contributed by atoms with E-state index in [-0.39, 0.29) is 5.91 Å². The first-order valence-electron chi connectivity index (χ1n) is 9.61. The highest BCUT2D eigenvalue weighted by atomic mass is 35.5. The molecule has 4 heterocycles. The second-order valence-electron chi connectivity index (χ2n) is 7.25. The van der Waals surface area contributed by atoms with E-state index in [0.717, 1.165) is 42.1 Å². The van der Waals surface area contributed by atoms with Crippen LogP contribution in [0.5, 0.6) is 0 Å². The number of hydrogen-bond donors (Lipinski definition) is 0. The Morgan fingerprint density at radius 2 is 1.79 bits per heavy atom. The summed E-state index contributed by atoms with van der Waals surface area (Å²) in [5, 5.41) is 2.60. The second-order valence-corrected chi connectivity index (χ2v) is 8.53. The van der Waals surface area contributed by atoms with Gasteiger partial charge in [0.15, 0.2) is 4.96 Å². The molecule has 146 valence electrons. The highest BCUT2D eigenvalue weighted by molar-refractivity contribution is 7.15. The van der Waals surface area contributed by atoms with E-state index in [0.29, 0.717) is 16.6 Å². The number of nitrogens with zero attached hydrogens (tertiary/aromatic N) is 4. The Bertz CT molecular complexity index is 1140. The number of imidazole rings is 1. The third-order valence-corrected chi connectivity index (χ3v) is 6.62. The van der Waals surface area contributed by atoms with Crippen LogP contribution in [0.4, 0.5) is 0 Å². The molecule has 1 aromatic carbocycles. The number of carbonyl (C=O) groups is 1. The molecule has 0 saturated carbocycles. The Kier molecular flexibility index (Phi) is 4.81. The lowest BCUT2D eigenvalue weighted by molar-refractivity contribution is 0.0706. The molecule has 0 spiro atoms. The summed E-state index contributed by atoms with van der Waals surface area (Å²) in [5.41, 5.74) is 3.83. The molecule has 1 aliphatic heterocycles. The number of carbonyl (C=O) groups excluding carboxylic acids is 1. The van der Waals surface area contributed by atoms with Crippen LogP contribution >= 0.6 is 22.9 Å². The summed E-state index contributed by atoms with van der Waals surface area (Å²) in [7, 11) is 0. The van der Waals surface area contributed by atoms with E-state index in [1.54, 1.807) is 0 Å². The largest absolute Gasteiger partial charge is 0.337 e. The maximum Gasteiger partial charge on any atom is 0.271 e. The van der Waals surface area contributed by atoms with Crippen LogP contribution in [-0.4, -0.2) is 38.3 Å². The normalized spacial score (nSPS) is 15.1. The lowest BCUT2D eigenvalue weighted by Crippen LogP contribution is -2.38. The minimum atomic E-state index is 0.0736. The average Bonchev–Trinajstić information content (AvgIpc) is 3.36. The zero-order valence-electron chi connectivity index (χ0n) is 15.7. The van der Waals surface area contributed by atoms with Crippen LogP contribution in [0, 0.1) is 0 Å². The van der Waals surface area contributed by atoms with E-state index in [4.69, 9.17) is 11.6 Å². The van der Waals surface area contributed by atoms with Gasteiger partial charge in [-0.05, 0) is 48.6 Å². The molecule has 1 fully saturated rings. The minimum absolute atomic E-state index is 0.0736. The fourth-order valence-electron chi connectivity index (χ4n) is 3.91. The topological polar surface area (TPSA) is 50.5 Å². The smallest absolute Gasteiger partial charge is 0.271 e. The molecule has 5 nitrogen and oxygen atoms in total. The Balaban J connectivity index is 1.34. The van der Waals surface area contributed by atoms with Gasteiger partial charge in [0.05, 0.1) is 5.69 Å². The lowest BCUT2D eigenvalue weighted by Gasteiger charge is -2.32.